The number of carbonyl (C=O) groups is 1. The fraction of sp³-hybridized carbons (Fsp3) is 0.0769. The van der Waals surface area contributed by atoms with E-state index in [0.29, 0.717) is 17.4 Å². The molecule has 2 N–H and O–H groups in total. The number of aromatic nitrogens is 1. The van der Waals surface area contributed by atoms with Crippen LogP contribution < -0.4 is 5.32 Å². The lowest BCUT2D eigenvalue weighted by molar-refractivity contribution is 0.0691. The van der Waals surface area contributed by atoms with E-state index in [2.05, 4.69) is 10.3 Å². The second kappa shape index (κ2) is 5.91. The lowest BCUT2D eigenvalue weighted by Gasteiger charge is -2.07. The van der Waals surface area contributed by atoms with E-state index < -0.39 is 5.97 Å². The molecular formula is C13H10Cl2N2O2. The molecule has 0 unspecified atom stereocenters. The Kier molecular flexibility index (Phi) is 4.24. The van der Waals surface area contributed by atoms with Gasteiger partial charge < -0.3 is 10.4 Å². The number of anilines is 1. The Labute approximate surface area is 120 Å². The van der Waals surface area contributed by atoms with Gasteiger partial charge in [0, 0.05) is 11.6 Å². The van der Waals surface area contributed by atoms with Gasteiger partial charge in [-0.1, -0.05) is 35.3 Å². The first kappa shape index (κ1) is 13.6. The number of nitrogens with zero attached hydrogens (tertiary/aromatic N) is 1. The number of carboxylic acid groups (broad SMARTS) is 1. The first-order valence-corrected chi connectivity index (χ1v) is 6.20. The van der Waals surface area contributed by atoms with E-state index in [9.17, 15) is 4.79 Å². The summed E-state index contributed by atoms with van der Waals surface area (Å²) in [6.07, 6.45) is 0. The number of rotatable bonds is 4. The van der Waals surface area contributed by atoms with Crippen LogP contribution in [0.15, 0.2) is 36.4 Å². The first-order chi connectivity index (χ1) is 9.06. The van der Waals surface area contributed by atoms with Crippen LogP contribution in [-0.2, 0) is 6.54 Å². The molecule has 1 aromatic heterocycles. The van der Waals surface area contributed by atoms with Crippen LogP contribution in [0.5, 0.6) is 0 Å². The fourth-order valence-corrected chi connectivity index (χ4v) is 1.93. The lowest BCUT2D eigenvalue weighted by Crippen LogP contribution is -2.06. The topological polar surface area (TPSA) is 62.2 Å². The summed E-state index contributed by atoms with van der Waals surface area (Å²) in [5.41, 5.74) is 0.805. The van der Waals surface area contributed by atoms with Crippen LogP contribution in [0.1, 0.15) is 16.1 Å². The van der Waals surface area contributed by atoms with Crippen LogP contribution in [0.4, 0.5) is 5.82 Å². The molecule has 2 aromatic rings. The fourth-order valence-electron chi connectivity index (χ4n) is 1.53. The van der Waals surface area contributed by atoms with Crippen LogP contribution in [-0.4, -0.2) is 16.1 Å². The van der Waals surface area contributed by atoms with Crippen molar-refractivity contribution in [3.63, 3.8) is 0 Å². The largest absolute Gasteiger partial charge is 0.476 e. The Morgan fingerprint density at radius 1 is 1.26 bits per heavy atom. The molecule has 0 fully saturated rings. The summed E-state index contributed by atoms with van der Waals surface area (Å²) in [6, 6.07) is 10.5. The van der Waals surface area contributed by atoms with Gasteiger partial charge in [0.25, 0.3) is 0 Å². The Morgan fingerprint density at radius 2 is 2.05 bits per heavy atom. The number of nitrogens with one attached hydrogen (secondary N) is 1. The summed E-state index contributed by atoms with van der Waals surface area (Å²) in [4.78, 5) is 14.8. The summed E-state index contributed by atoms with van der Waals surface area (Å²) in [7, 11) is 0. The molecule has 19 heavy (non-hydrogen) atoms. The van der Waals surface area contributed by atoms with Crippen molar-refractivity contribution >= 4 is 35.0 Å². The molecule has 0 aliphatic heterocycles. The van der Waals surface area contributed by atoms with E-state index in [1.54, 1.807) is 12.1 Å². The van der Waals surface area contributed by atoms with E-state index in [1.165, 1.54) is 6.07 Å². The van der Waals surface area contributed by atoms with Gasteiger partial charge in [-0.15, -0.1) is 0 Å². The third-order valence-electron chi connectivity index (χ3n) is 2.41. The van der Waals surface area contributed by atoms with Crippen molar-refractivity contribution in [1.82, 2.24) is 4.98 Å². The molecule has 0 amide bonds. The van der Waals surface area contributed by atoms with Crippen molar-refractivity contribution in [2.75, 3.05) is 5.32 Å². The minimum Gasteiger partial charge on any atom is -0.476 e. The molecular weight excluding hydrogens is 287 g/mol. The molecule has 6 heteroatoms. The molecule has 1 aromatic carbocycles. The third-order valence-corrected chi connectivity index (χ3v) is 2.95. The van der Waals surface area contributed by atoms with Gasteiger partial charge in [0.2, 0.25) is 0 Å². The zero-order chi connectivity index (χ0) is 13.8. The zero-order valence-electron chi connectivity index (χ0n) is 9.73. The molecule has 0 aliphatic carbocycles. The number of halogens is 2. The Bertz CT molecular complexity index is 617. The predicted octanol–water partition coefficient (Wildman–Crippen LogP) is 3.70. The molecule has 1 heterocycles. The number of pyridine rings is 1. The predicted molar refractivity (Wildman–Crippen MR) is 75.0 cm³/mol. The van der Waals surface area contributed by atoms with Crippen molar-refractivity contribution in [2.45, 2.75) is 6.54 Å². The van der Waals surface area contributed by atoms with E-state index >= 15 is 0 Å². The molecule has 98 valence electrons. The molecule has 0 aliphatic rings. The van der Waals surface area contributed by atoms with Gasteiger partial charge in [-0.05, 0) is 29.8 Å². The van der Waals surface area contributed by atoms with Crippen LogP contribution in [0.3, 0.4) is 0 Å². The van der Waals surface area contributed by atoms with Crippen LogP contribution in [0.25, 0.3) is 0 Å². The minimum atomic E-state index is -1.16. The van der Waals surface area contributed by atoms with Gasteiger partial charge >= 0.3 is 5.97 Å². The average molecular weight is 297 g/mol. The Balaban J connectivity index is 2.12. The molecule has 0 bridgehead atoms. The highest BCUT2D eigenvalue weighted by molar-refractivity contribution is 6.33. The average Bonchev–Trinajstić information content (AvgIpc) is 2.37. The van der Waals surface area contributed by atoms with E-state index in [-0.39, 0.29) is 10.7 Å². The summed E-state index contributed by atoms with van der Waals surface area (Å²) < 4.78 is 0. The molecule has 0 saturated heterocycles. The summed E-state index contributed by atoms with van der Waals surface area (Å²) in [6.45, 7) is 0.494. The van der Waals surface area contributed by atoms with Gasteiger partial charge in [-0.2, -0.15) is 0 Å². The monoisotopic (exact) mass is 296 g/mol. The number of benzene rings is 1. The molecule has 0 atom stereocenters. The maximum Gasteiger partial charge on any atom is 0.356 e. The van der Waals surface area contributed by atoms with Crippen LogP contribution in [0, 0.1) is 0 Å². The van der Waals surface area contributed by atoms with Crippen molar-refractivity contribution < 1.29 is 9.90 Å². The smallest absolute Gasteiger partial charge is 0.356 e. The molecule has 2 rings (SSSR count). The van der Waals surface area contributed by atoms with Gasteiger partial charge in [-0.25, -0.2) is 9.78 Å². The number of hydrogen-bond acceptors (Lipinski definition) is 3. The highest BCUT2D eigenvalue weighted by Crippen LogP contribution is 2.17. The number of aromatic carboxylic acids is 1. The highest BCUT2D eigenvalue weighted by Gasteiger charge is 2.11. The molecule has 0 saturated carbocycles. The lowest BCUT2D eigenvalue weighted by atomic mass is 10.2. The van der Waals surface area contributed by atoms with Crippen LogP contribution >= 0.6 is 23.2 Å². The quantitative estimate of drug-likeness (QED) is 0.903. The minimum absolute atomic E-state index is 0.112. The Morgan fingerprint density at radius 3 is 2.74 bits per heavy atom. The Hall–Kier alpha value is -1.78. The van der Waals surface area contributed by atoms with Gasteiger partial charge in [0.15, 0.2) is 5.69 Å². The normalized spacial score (nSPS) is 10.2. The van der Waals surface area contributed by atoms with Crippen molar-refractivity contribution in [1.29, 1.82) is 0 Å². The maximum absolute atomic E-state index is 10.9. The zero-order valence-corrected chi connectivity index (χ0v) is 11.2. The van der Waals surface area contributed by atoms with Crippen LogP contribution in [0.2, 0.25) is 10.0 Å². The second-order valence-electron chi connectivity index (χ2n) is 3.82. The highest BCUT2D eigenvalue weighted by atomic mass is 35.5. The maximum atomic E-state index is 10.9. The van der Waals surface area contributed by atoms with Gasteiger partial charge in [0.05, 0.1) is 5.02 Å². The standard InChI is InChI=1S/C13H10Cl2N2O2/c14-9-3-1-2-8(6-9)7-16-11-5-4-10(15)12(17-11)13(18)19/h1-6H,7H2,(H,16,17)(H,18,19). The summed E-state index contributed by atoms with van der Waals surface area (Å²) >= 11 is 11.6. The van der Waals surface area contributed by atoms with E-state index in [0.717, 1.165) is 5.56 Å². The molecule has 4 nitrogen and oxygen atoms in total. The van der Waals surface area contributed by atoms with Crippen molar-refractivity contribution in [2.24, 2.45) is 0 Å². The van der Waals surface area contributed by atoms with E-state index in [1.807, 2.05) is 18.2 Å². The molecule has 0 spiro atoms. The summed E-state index contributed by atoms with van der Waals surface area (Å²) in [5, 5.41) is 12.7. The van der Waals surface area contributed by atoms with E-state index in [4.69, 9.17) is 28.3 Å². The third kappa shape index (κ3) is 3.59. The second-order valence-corrected chi connectivity index (χ2v) is 4.66. The van der Waals surface area contributed by atoms with Gasteiger partial charge in [0.1, 0.15) is 5.82 Å². The number of hydrogen-bond donors (Lipinski definition) is 2. The van der Waals surface area contributed by atoms with Crippen molar-refractivity contribution in [3.8, 4) is 0 Å². The number of carboxylic acids is 1. The summed E-state index contributed by atoms with van der Waals surface area (Å²) in [5.74, 6) is -0.710. The SMILES string of the molecule is O=C(O)c1nc(NCc2cccc(Cl)c2)ccc1Cl. The molecule has 0 radical (unpaired) electrons. The first-order valence-electron chi connectivity index (χ1n) is 5.44. The van der Waals surface area contributed by atoms with Crippen molar-refractivity contribution in [3.05, 3.63) is 57.7 Å². The van der Waals surface area contributed by atoms with Gasteiger partial charge in [-0.3, -0.25) is 0 Å².